The van der Waals surface area contributed by atoms with Crippen LogP contribution in [-0.2, 0) is 0 Å². The molecule has 3 unspecified atom stereocenters. The Morgan fingerprint density at radius 1 is 1.35 bits per heavy atom. The summed E-state index contributed by atoms with van der Waals surface area (Å²) >= 11 is 0. The molecule has 3 nitrogen and oxygen atoms in total. The van der Waals surface area contributed by atoms with Crippen LogP contribution in [0.25, 0.3) is 0 Å². The van der Waals surface area contributed by atoms with E-state index in [1.165, 1.54) is 6.42 Å². The molecule has 1 fully saturated rings. The summed E-state index contributed by atoms with van der Waals surface area (Å²) in [7, 11) is 0. The van der Waals surface area contributed by atoms with Crippen molar-refractivity contribution in [2.24, 2.45) is 17.3 Å². The Morgan fingerprint density at radius 3 is 2.65 bits per heavy atom. The van der Waals surface area contributed by atoms with E-state index in [9.17, 15) is 5.26 Å². The number of nitriles is 1. The fourth-order valence-corrected chi connectivity index (χ4v) is 2.88. The third-order valence-corrected chi connectivity index (χ3v) is 4.11. The summed E-state index contributed by atoms with van der Waals surface area (Å²) in [5.74, 6) is 0.835. The lowest BCUT2D eigenvalue weighted by Crippen LogP contribution is -2.32. The largest absolute Gasteiger partial charge is 0.333 e. The number of rotatable bonds is 1. The molecule has 1 aliphatic carbocycles. The zero-order chi connectivity index (χ0) is 12.5. The molecular formula is C14H21N3. The zero-order valence-corrected chi connectivity index (χ0v) is 10.9. The third kappa shape index (κ3) is 2.52. The first-order chi connectivity index (χ1) is 8.02. The highest BCUT2D eigenvalue weighted by Crippen LogP contribution is 2.44. The molecule has 1 saturated carbocycles. The molecule has 0 amide bonds. The highest BCUT2D eigenvalue weighted by molar-refractivity contribution is 4.99. The maximum atomic E-state index is 9.27. The summed E-state index contributed by atoms with van der Waals surface area (Å²) in [6.07, 6.45) is 8.92. The van der Waals surface area contributed by atoms with Crippen molar-refractivity contribution in [3.63, 3.8) is 0 Å². The first-order valence-electron chi connectivity index (χ1n) is 6.39. The Hall–Kier alpha value is -1.30. The topological polar surface area (TPSA) is 41.6 Å². The van der Waals surface area contributed by atoms with Gasteiger partial charge in [-0.2, -0.15) is 5.26 Å². The maximum absolute atomic E-state index is 9.27. The van der Waals surface area contributed by atoms with Crippen molar-refractivity contribution >= 4 is 0 Å². The van der Waals surface area contributed by atoms with E-state index in [4.69, 9.17) is 0 Å². The molecule has 92 valence electrons. The van der Waals surface area contributed by atoms with E-state index in [1.807, 2.05) is 12.5 Å². The lowest BCUT2D eigenvalue weighted by Gasteiger charge is -2.40. The normalized spacial score (nSPS) is 29.9. The second kappa shape index (κ2) is 4.52. The Bertz CT molecular complexity index is 394. The summed E-state index contributed by atoms with van der Waals surface area (Å²) < 4.78 is 2.12. The van der Waals surface area contributed by atoms with Gasteiger partial charge in [-0.3, -0.25) is 0 Å². The fourth-order valence-electron chi connectivity index (χ4n) is 2.88. The Labute approximate surface area is 103 Å². The van der Waals surface area contributed by atoms with Gasteiger partial charge in [-0.1, -0.05) is 20.8 Å². The predicted octanol–water partition coefficient (Wildman–Crippen LogP) is 3.41. The van der Waals surface area contributed by atoms with Crippen LogP contribution < -0.4 is 0 Å². The third-order valence-electron chi connectivity index (χ3n) is 4.11. The first-order valence-corrected chi connectivity index (χ1v) is 6.39. The second-order valence-electron chi connectivity index (χ2n) is 6.19. The molecule has 1 aromatic heterocycles. The summed E-state index contributed by atoms with van der Waals surface area (Å²) in [5, 5.41) is 9.27. The molecule has 1 aromatic rings. The van der Waals surface area contributed by atoms with Gasteiger partial charge in [-0.05, 0) is 30.6 Å². The number of hydrogen-bond acceptors (Lipinski definition) is 2. The predicted molar refractivity (Wildman–Crippen MR) is 67.2 cm³/mol. The monoisotopic (exact) mass is 231 g/mol. The van der Waals surface area contributed by atoms with Crippen molar-refractivity contribution in [1.29, 1.82) is 5.26 Å². The van der Waals surface area contributed by atoms with Gasteiger partial charge in [-0.15, -0.1) is 0 Å². The van der Waals surface area contributed by atoms with E-state index in [-0.39, 0.29) is 5.92 Å². The van der Waals surface area contributed by atoms with E-state index in [0.29, 0.717) is 17.4 Å². The molecule has 1 heterocycles. The smallest absolute Gasteiger partial charge is 0.0948 e. The van der Waals surface area contributed by atoms with Crippen LogP contribution in [0.3, 0.4) is 0 Å². The number of aromatic nitrogens is 2. The number of nitrogens with zero attached hydrogens (tertiary/aromatic N) is 3. The molecular weight excluding hydrogens is 210 g/mol. The molecule has 0 spiro atoms. The molecule has 2 rings (SSSR count). The van der Waals surface area contributed by atoms with Crippen LogP contribution in [0.4, 0.5) is 0 Å². The maximum Gasteiger partial charge on any atom is 0.0948 e. The van der Waals surface area contributed by atoms with Gasteiger partial charge in [0, 0.05) is 12.4 Å². The fraction of sp³-hybridized carbons (Fsp3) is 0.714. The summed E-state index contributed by atoms with van der Waals surface area (Å²) in [6.45, 7) is 6.90. The SMILES string of the molecule is CC(C)(C)C1CCC(C#N)C(n2ccnc2)C1. The Balaban J connectivity index is 2.19. The highest BCUT2D eigenvalue weighted by atomic mass is 15.1. The van der Waals surface area contributed by atoms with E-state index in [0.717, 1.165) is 12.8 Å². The van der Waals surface area contributed by atoms with Crippen LogP contribution >= 0.6 is 0 Å². The van der Waals surface area contributed by atoms with Gasteiger partial charge in [0.25, 0.3) is 0 Å². The minimum Gasteiger partial charge on any atom is -0.333 e. The Morgan fingerprint density at radius 2 is 2.12 bits per heavy atom. The van der Waals surface area contributed by atoms with Crippen molar-refractivity contribution in [1.82, 2.24) is 9.55 Å². The molecule has 17 heavy (non-hydrogen) atoms. The zero-order valence-electron chi connectivity index (χ0n) is 10.9. The second-order valence-corrected chi connectivity index (χ2v) is 6.19. The number of imidazole rings is 1. The van der Waals surface area contributed by atoms with Crippen LogP contribution in [0, 0.1) is 28.6 Å². The van der Waals surface area contributed by atoms with Crippen LogP contribution in [0.15, 0.2) is 18.7 Å². The molecule has 0 N–H and O–H groups in total. The van der Waals surface area contributed by atoms with Crippen molar-refractivity contribution in [2.45, 2.75) is 46.1 Å². The van der Waals surface area contributed by atoms with Gasteiger partial charge >= 0.3 is 0 Å². The van der Waals surface area contributed by atoms with E-state index in [2.05, 4.69) is 36.4 Å². The van der Waals surface area contributed by atoms with E-state index in [1.54, 1.807) is 6.20 Å². The quantitative estimate of drug-likeness (QED) is 0.743. The van der Waals surface area contributed by atoms with Crippen molar-refractivity contribution in [3.8, 4) is 6.07 Å². The lowest BCUT2D eigenvalue weighted by molar-refractivity contribution is 0.122. The van der Waals surface area contributed by atoms with Crippen LogP contribution in [0.1, 0.15) is 46.1 Å². The average Bonchev–Trinajstić information content (AvgIpc) is 2.80. The molecule has 1 aliphatic rings. The van der Waals surface area contributed by atoms with Gasteiger partial charge in [0.15, 0.2) is 0 Å². The average molecular weight is 231 g/mol. The van der Waals surface area contributed by atoms with Crippen LogP contribution in [0.2, 0.25) is 0 Å². The minimum atomic E-state index is 0.141. The molecule has 0 radical (unpaired) electrons. The van der Waals surface area contributed by atoms with Gasteiger partial charge in [0.1, 0.15) is 0 Å². The molecule has 0 aromatic carbocycles. The molecule has 0 bridgehead atoms. The summed E-state index contributed by atoms with van der Waals surface area (Å²) in [5.41, 5.74) is 0.333. The van der Waals surface area contributed by atoms with Gasteiger partial charge in [0.2, 0.25) is 0 Å². The van der Waals surface area contributed by atoms with Crippen molar-refractivity contribution in [2.75, 3.05) is 0 Å². The Kier molecular flexibility index (Phi) is 3.24. The molecule has 3 atom stereocenters. The summed E-state index contributed by atoms with van der Waals surface area (Å²) in [6, 6.07) is 2.77. The molecule has 0 saturated heterocycles. The van der Waals surface area contributed by atoms with Crippen molar-refractivity contribution in [3.05, 3.63) is 18.7 Å². The highest BCUT2D eigenvalue weighted by Gasteiger charge is 2.36. The van der Waals surface area contributed by atoms with Gasteiger partial charge in [0.05, 0.1) is 24.4 Å². The standard InChI is InChI=1S/C14H21N3/c1-14(2,3)12-5-4-11(9-15)13(8-12)17-7-6-16-10-17/h6-7,10-13H,4-5,8H2,1-3H3. The van der Waals surface area contributed by atoms with Gasteiger partial charge < -0.3 is 4.57 Å². The van der Waals surface area contributed by atoms with E-state index < -0.39 is 0 Å². The minimum absolute atomic E-state index is 0.141. The first kappa shape index (κ1) is 12.2. The molecule has 0 aliphatic heterocycles. The summed E-state index contributed by atoms with van der Waals surface area (Å²) in [4.78, 5) is 4.11. The van der Waals surface area contributed by atoms with E-state index >= 15 is 0 Å². The lowest BCUT2D eigenvalue weighted by atomic mass is 9.68. The van der Waals surface area contributed by atoms with Crippen LogP contribution in [-0.4, -0.2) is 9.55 Å². The van der Waals surface area contributed by atoms with Crippen molar-refractivity contribution < 1.29 is 0 Å². The molecule has 3 heteroatoms. The number of hydrogen-bond donors (Lipinski definition) is 0. The van der Waals surface area contributed by atoms with Crippen LogP contribution in [0.5, 0.6) is 0 Å². The van der Waals surface area contributed by atoms with Gasteiger partial charge in [-0.25, -0.2) is 4.98 Å².